The lowest BCUT2D eigenvalue weighted by Crippen LogP contribution is -2.10. The van der Waals surface area contributed by atoms with E-state index in [1.807, 2.05) is 54.6 Å². The highest BCUT2D eigenvalue weighted by Crippen LogP contribution is 2.44. The van der Waals surface area contributed by atoms with Gasteiger partial charge in [0.05, 0.1) is 0 Å². The molecule has 54 heavy (non-hydrogen) atoms. The topological polar surface area (TPSA) is 55.6 Å². The standard InChI is InChI=1S/C49H30N2O3/c1-4-12-31(13-5-1)37-23-20-34(26-41(37)32-14-6-2-7-15-32)51(35-21-24-39-38-18-10-11-19-44(38)52-45(39)27-35)36-22-25-40-42-29-48-43(30-47(42)53-46(40)28-36)50-49(54-48)33-16-8-3-9-17-33/h1-30H. The van der Waals surface area contributed by atoms with E-state index < -0.39 is 0 Å². The van der Waals surface area contributed by atoms with Crippen molar-refractivity contribution in [3.63, 3.8) is 0 Å². The van der Waals surface area contributed by atoms with Gasteiger partial charge in [-0.3, -0.25) is 0 Å². The second kappa shape index (κ2) is 12.1. The number of rotatable bonds is 6. The van der Waals surface area contributed by atoms with Crippen LogP contribution in [0.1, 0.15) is 0 Å². The highest BCUT2D eigenvalue weighted by molar-refractivity contribution is 6.10. The van der Waals surface area contributed by atoms with Crippen molar-refractivity contribution in [3.8, 4) is 33.7 Å². The van der Waals surface area contributed by atoms with Gasteiger partial charge in [0.1, 0.15) is 27.8 Å². The Hall–Kier alpha value is -7.37. The number of oxazole rings is 1. The van der Waals surface area contributed by atoms with Crippen LogP contribution in [0.5, 0.6) is 0 Å². The first kappa shape index (κ1) is 30.3. The summed E-state index contributed by atoms with van der Waals surface area (Å²) >= 11 is 0. The maximum absolute atomic E-state index is 6.59. The van der Waals surface area contributed by atoms with Gasteiger partial charge in [0, 0.05) is 62.4 Å². The van der Waals surface area contributed by atoms with E-state index in [1.165, 1.54) is 5.56 Å². The summed E-state index contributed by atoms with van der Waals surface area (Å²) in [5.41, 5.74) is 13.2. The molecular formula is C49H30N2O3. The summed E-state index contributed by atoms with van der Waals surface area (Å²) in [6, 6.07) is 62.9. The van der Waals surface area contributed by atoms with Gasteiger partial charge in [0.15, 0.2) is 5.58 Å². The fourth-order valence-corrected chi connectivity index (χ4v) is 7.73. The Bertz CT molecular complexity index is 3160. The molecule has 0 amide bonds. The molecule has 3 heterocycles. The number of hydrogen-bond donors (Lipinski definition) is 0. The Morgan fingerprint density at radius 3 is 1.56 bits per heavy atom. The summed E-state index contributed by atoms with van der Waals surface area (Å²) in [5.74, 6) is 0.593. The maximum atomic E-state index is 6.59. The molecular weight excluding hydrogens is 665 g/mol. The number of anilines is 3. The van der Waals surface area contributed by atoms with Crippen LogP contribution in [-0.2, 0) is 0 Å². The Kier molecular flexibility index (Phi) is 6.79. The molecule has 0 radical (unpaired) electrons. The average Bonchev–Trinajstić information content (AvgIpc) is 3.93. The molecule has 0 fully saturated rings. The predicted molar refractivity (Wildman–Crippen MR) is 220 cm³/mol. The quantitative estimate of drug-likeness (QED) is 0.173. The molecule has 254 valence electrons. The molecule has 0 bridgehead atoms. The largest absolute Gasteiger partial charge is 0.456 e. The van der Waals surface area contributed by atoms with Crippen LogP contribution in [0.15, 0.2) is 195 Å². The summed E-state index contributed by atoms with van der Waals surface area (Å²) in [5, 5.41) is 4.17. The minimum atomic E-state index is 0.593. The first-order valence-corrected chi connectivity index (χ1v) is 18.0. The molecule has 0 saturated heterocycles. The van der Waals surface area contributed by atoms with Crippen molar-refractivity contribution < 1.29 is 13.3 Å². The van der Waals surface area contributed by atoms with Crippen LogP contribution >= 0.6 is 0 Å². The molecule has 0 saturated carbocycles. The number of para-hydroxylation sites is 1. The number of hydrogen-bond acceptors (Lipinski definition) is 5. The fourth-order valence-electron chi connectivity index (χ4n) is 7.73. The Balaban J connectivity index is 1.10. The predicted octanol–water partition coefficient (Wildman–Crippen LogP) is 14.1. The van der Waals surface area contributed by atoms with Crippen LogP contribution < -0.4 is 4.90 Å². The maximum Gasteiger partial charge on any atom is 0.227 e. The molecule has 0 aliphatic rings. The Morgan fingerprint density at radius 1 is 0.333 bits per heavy atom. The van der Waals surface area contributed by atoms with E-state index in [1.54, 1.807) is 0 Å². The van der Waals surface area contributed by atoms with Gasteiger partial charge in [0.25, 0.3) is 0 Å². The van der Waals surface area contributed by atoms with Gasteiger partial charge in [-0.1, -0.05) is 103 Å². The van der Waals surface area contributed by atoms with Crippen molar-refractivity contribution in [2.75, 3.05) is 4.90 Å². The van der Waals surface area contributed by atoms with Gasteiger partial charge in [-0.15, -0.1) is 0 Å². The van der Waals surface area contributed by atoms with Gasteiger partial charge >= 0.3 is 0 Å². The molecule has 11 aromatic rings. The molecule has 0 atom stereocenters. The Labute approximate surface area is 309 Å². The highest BCUT2D eigenvalue weighted by Gasteiger charge is 2.20. The van der Waals surface area contributed by atoms with E-state index in [0.717, 1.165) is 94.3 Å². The SMILES string of the molecule is c1ccc(-c2nc3cc4oc5cc(N(c6ccc(-c7ccccc7)c(-c7ccccc7)c6)c6ccc7c(c6)oc6ccccc67)ccc5c4cc3o2)cc1. The second-order valence-corrected chi connectivity index (χ2v) is 13.6. The molecule has 0 aliphatic carbocycles. The van der Waals surface area contributed by atoms with Gasteiger partial charge in [-0.25, -0.2) is 4.98 Å². The summed E-state index contributed by atoms with van der Waals surface area (Å²) in [6.07, 6.45) is 0. The van der Waals surface area contributed by atoms with Crippen LogP contribution in [-0.4, -0.2) is 4.98 Å². The van der Waals surface area contributed by atoms with Crippen LogP contribution in [0.2, 0.25) is 0 Å². The van der Waals surface area contributed by atoms with E-state index in [4.69, 9.17) is 18.2 Å². The monoisotopic (exact) mass is 694 g/mol. The van der Waals surface area contributed by atoms with E-state index in [-0.39, 0.29) is 0 Å². The Morgan fingerprint density at radius 2 is 0.852 bits per heavy atom. The number of fused-ring (bicyclic) bond motifs is 7. The van der Waals surface area contributed by atoms with Crippen molar-refractivity contribution >= 4 is 72.0 Å². The summed E-state index contributed by atoms with van der Waals surface area (Å²) in [7, 11) is 0. The minimum absolute atomic E-state index is 0.593. The molecule has 0 aliphatic heterocycles. The third-order valence-corrected chi connectivity index (χ3v) is 10.3. The van der Waals surface area contributed by atoms with Crippen molar-refractivity contribution in [2.24, 2.45) is 0 Å². The number of benzene rings is 8. The second-order valence-electron chi connectivity index (χ2n) is 13.6. The van der Waals surface area contributed by atoms with Gasteiger partial charge in [-0.2, -0.15) is 0 Å². The van der Waals surface area contributed by atoms with E-state index in [0.29, 0.717) is 5.89 Å². The third-order valence-electron chi connectivity index (χ3n) is 10.3. The molecule has 8 aromatic carbocycles. The zero-order valence-corrected chi connectivity index (χ0v) is 28.9. The van der Waals surface area contributed by atoms with E-state index in [9.17, 15) is 0 Å². The molecule has 0 spiro atoms. The van der Waals surface area contributed by atoms with Crippen molar-refractivity contribution in [3.05, 3.63) is 182 Å². The van der Waals surface area contributed by atoms with Crippen LogP contribution in [0.3, 0.4) is 0 Å². The lowest BCUT2D eigenvalue weighted by Gasteiger charge is -2.27. The van der Waals surface area contributed by atoms with Crippen LogP contribution in [0.25, 0.3) is 88.7 Å². The first-order valence-electron chi connectivity index (χ1n) is 18.0. The van der Waals surface area contributed by atoms with Crippen molar-refractivity contribution in [1.82, 2.24) is 4.98 Å². The zero-order chi connectivity index (χ0) is 35.6. The number of furan rings is 2. The molecule has 5 nitrogen and oxygen atoms in total. The van der Waals surface area contributed by atoms with Crippen molar-refractivity contribution in [2.45, 2.75) is 0 Å². The minimum Gasteiger partial charge on any atom is -0.456 e. The average molecular weight is 695 g/mol. The van der Waals surface area contributed by atoms with Gasteiger partial charge < -0.3 is 18.2 Å². The van der Waals surface area contributed by atoms with Gasteiger partial charge in [0.2, 0.25) is 5.89 Å². The summed E-state index contributed by atoms with van der Waals surface area (Å²) < 4.78 is 19.2. The fraction of sp³-hybridized carbons (Fsp3) is 0. The lowest BCUT2D eigenvalue weighted by atomic mass is 9.93. The van der Waals surface area contributed by atoms with Crippen LogP contribution in [0.4, 0.5) is 17.1 Å². The number of nitrogens with zero attached hydrogens (tertiary/aromatic N) is 2. The van der Waals surface area contributed by atoms with Gasteiger partial charge in [-0.05, 0) is 82.9 Å². The molecule has 11 rings (SSSR count). The third kappa shape index (κ3) is 4.98. The normalized spacial score (nSPS) is 11.7. The number of aromatic nitrogens is 1. The molecule has 3 aromatic heterocycles. The van der Waals surface area contributed by atoms with Crippen LogP contribution in [0, 0.1) is 0 Å². The van der Waals surface area contributed by atoms with E-state index >= 15 is 0 Å². The summed E-state index contributed by atoms with van der Waals surface area (Å²) in [4.78, 5) is 7.07. The van der Waals surface area contributed by atoms with E-state index in [2.05, 4.69) is 132 Å². The zero-order valence-electron chi connectivity index (χ0n) is 28.9. The molecule has 0 unspecified atom stereocenters. The molecule has 5 heteroatoms. The lowest BCUT2D eigenvalue weighted by molar-refractivity contribution is 0.620. The highest BCUT2D eigenvalue weighted by atomic mass is 16.4. The summed E-state index contributed by atoms with van der Waals surface area (Å²) in [6.45, 7) is 0. The first-order chi connectivity index (χ1) is 26.7. The van der Waals surface area contributed by atoms with Crippen molar-refractivity contribution in [1.29, 1.82) is 0 Å². The molecule has 0 N–H and O–H groups in total. The smallest absolute Gasteiger partial charge is 0.227 e.